The van der Waals surface area contributed by atoms with Gasteiger partial charge in [0.1, 0.15) is 5.71 Å². The van der Waals surface area contributed by atoms with E-state index in [4.69, 9.17) is 21.6 Å². The molecule has 3 aromatic rings. The van der Waals surface area contributed by atoms with Crippen LogP contribution >= 0.6 is 11.6 Å². The predicted octanol–water partition coefficient (Wildman–Crippen LogP) is 4.99. The van der Waals surface area contributed by atoms with E-state index in [-0.39, 0.29) is 17.9 Å². The summed E-state index contributed by atoms with van der Waals surface area (Å²) in [4.78, 5) is 25.1. The minimum Gasteiger partial charge on any atom is -0.299 e. The Morgan fingerprint density at radius 1 is 0.767 bits per heavy atom. The highest BCUT2D eigenvalue weighted by molar-refractivity contribution is 6.51. The number of aliphatic imine (C=N–C) groups is 2. The molecule has 5 heteroatoms. The van der Waals surface area contributed by atoms with Gasteiger partial charge in [-0.05, 0) is 35.4 Å². The minimum absolute atomic E-state index is 0.0522. The fourth-order valence-corrected chi connectivity index (χ4v) is 4.44. The second-order valence-corrected chi connectivity index (χ2v) is 7.82. The molecule has 1 saturated heterocycles. The summed E-state index contributed by atoms with van der Waals surface area (Å²) in [6.45, 7) is 1.08. The van der Waals surface area contributed by atoms with Crippen molar-refractivity contribution in [2.75, 3.05) is 18.0 Å². The second-order valence-electron chi connectivity index (χ2n) is 7.38. The molecule has 1 amide bonds. The molecule has 0 radical (unpaired) electrons. The van der Waals surface area contributed by atoms with E-state index in [1.165, 1.54) is 0 Å². The minimum atomic E-state index is -0.246. The van der Waals surface area contributed by atoms with Crippen LogP contribution in [0.5, 0.6) is 0 Å². The van der Waals surface area contributed by atoms with Crippen LogP contribution in [0.15, 0.2) is 94.9 Å². The SMILES string of the molecule is O=C1C2=NCCN=C(c3ccc(Cl)cc3)[C@@H]2[C@H](c2ccccc2)N1c1ccccc1. The van der Waals surface area contributed by atoms with Crippen LogP contribution < -0.4 is 4.90 Å². The lowest BCUT2D eigenvalue weighted by Crippen LogP contribution is -2.31. The van der Waals surface area contributed by atoms with E-state index in [2.05, 4.69) is 12.1 Å². The standard InChI is InChI=1S/C25H20ClN3O/c26-19-13-11-17(12-14-19)22-21-23(28-16-15-27-22)25(30)29(20-9-5-2-6-10-20)24(21)18-7-3-1-4-8-18/h1-14,21,24H,15-16H2/t21-,24-/m0/s1. The average Bonchev–Trinajstić information content (AvgIpc) is 2.93. The molecule has 0 aromatic heterocycles. The van der Waals surface area contributed by atoms with Crippen molar-refractivity contribution in [2.45, 2.75) is 6.04 Å². The lowest BCUT2D eigenvalue weighted by Gasteiger charge is -2.29. The Morgan fingerprint density at radius 2 is 1.37 bits per heavy atom. The molecular weight excluding hydrogens is 394 g/mol. The smallest absolute Gasteiger partial charge is 0.273 e. The average molecular weight is 414 g/mol. The number of carbonyl (C=O) groups excluding carboxylic acids is 1. The number of fused-ring (bicyclic) bond motifs is 1. The lowest BCUT2D eigenvalue weighted by molar-refractivity contribution is -0.112. The maximum atomic E-state index is 13.6. The highest BCUT2D eigenvalue weighted by Crippen LogP contribution is 2.42. The van der Waals surface area contributed by atoms with Crippen molar-refractivity contribution < 1.29 is 4.79 Å². The fraction of sp³-hybridized carbons (Fsp3) is 0.160. The van der Waals surface area contributed by atoms with Crippen molar-refractivity contribution in [2.24, 2.45) is 15.9 Å². The van der Waals surface area contributed by atoms with Crippen molar-refractivity contribution >= 4 is 34.6 Å². The van der Waals surface area contributed by atoms with Crippen LogP contribution in [0, 0.1) is 5.92 Å². The topological polar surface area (TPSA) is 45.0 Å². The van der Waals surface area contributed by atoms with Gasteiger partial charge in [-0.1, -0.05) is 72.3 Å². The van der Waals surface area contributed by atoms with Gasteiger partial charge in [0.05, 0.1) is 30.8 Å². The molecule has 2 aliphatic rings. The zero-order valence-electron chi connectivity index (χ0n) is 16.3. The quantitative estimate of drug-likeness (QED) is 0.596. The van der Waals surface area contributed by atoms with Crippen molar-refractivity contribution in [1.29, 1.82) is 0 Å². The molecule has 2 aliphatic heterocycles. The van der Waals surface area contributed by atoms with Gasteiger partial charge in [-0.15, -0.1) is 0 Å². The van der Waals surface area contributed by atoms with E-state index < -0.39 is 0 Å². The number of benzene rings is 3. The van der Waals surface area contributed by atoms with Gasteiger partial charge in [-0.2, -0.15) is 0 Å². The van der Waals surface area contributed by atoms with Crippen LogP contribution in [-0.2, 0) is 4.79 Å². The third-order valence-electron chi connectivity index (χ3n) is 5.60. The summed E-state index contributed by atoms with van der Waals surface area (Å²) < 4.78 is 0. The summed E-state index contributed by atoms with van der Waals surface area (Å²) in [6.07, 6.45) is 0. The summed E-state index contributed by atoms with van der Waals surface area (Å²) in [5.74, 6) is -0.299. The van der Waals surface area contributed by atoms with Gasteiger partial charge in [0.25, 0.3) is 5.91 Å². The lowest BCUT2D eigenvalue weighted by atomic mass is 9.85. The van der Waals surface area contributed by atoms with E-state index in [0.29, 0.717) is 23.8 Å². The normalized spacial score (nSPS) is 21.0. The van der Waals surface area contributed by atoms with Crippen molar-refractivity contribution in [1.82, 2.24) is 0 Å². The number of anilines is 1. The molecule has 30 heavy (non-hydrogen) atoms. The molecule has 4 nitrogen and oxygen atoms in total. The summed E-state index contributed by atoms with van der Waals surface area (Å²) in [5.41, 5.74) is 4.38. The zero-order valence-corrected chi connectivity index (χ0v) is 17.0. The Morgan fingerprint density at radius 3 is 2.03 bits per heavy atom. The van der Waals surface area contributed by atoms with Crippen molar-refractivity contribution in [3.63, 3.8) is 0 Å². The van der Waals surface area contributed by atoms with E-state index in [1.54, 1.807) is 0 Å². The molecule has 0 aliphatic carbocycles. The Kier molecular flexibility index (Phi) is 4.93. The third-order valence-corrected chi connectivity index (χ3v) is 5.85. The van der Waals surface area contributed by atoms with Crippen molar-refractivity contribution in [3.8, 4) is 0 Å². The van der Waals surface area contributed by atoms with Crippen LogP contribution in [0.25, 0.3) is 0 Å². The van der Waals surface area contributed by atoms with E-state index in [9.17, 15) is 4.79 Å². The van der Waals surface area contributed by atoms with Gasteiger partial charge >= 0.3 is 0 Å². The largest absolute Gasteiger partial charge is 0.299 e. The number of hydrogen-bond acceptors (Lipinski definition) is 3. The van der Waals surface area contributed by atoms with Gasteiger partial charge in [0.15, 0.2) is 0 Å². The van der Waals surface area contributed by atoms with Gasteiger partial charge < -0.3 is 0 Å². The molecule has 0 saturated carbocycles. The fourth-order valence-electron chi connectivity index (χ4n) is 4.32. The number of hydrogen-bond donors (Lipinski definition) is 0. The molecule has 0 N–H and O–H groups in total. The molecule has 0 spiro atoms. The number of nitrogens with zero attached hydrogens (tertiary/aromatic N) is 3. The van der Waals surface area contributed by atoms with Gasteiger partial charge in [0.2, 0.25) is 0 Å². The number of amides is 1. The Balaban J connectivity index is 1.70. The Bertz CT molecular complexity index is 1120. The summed E-state index contributed by atoms with van der Waals surface area (Å²) >= 11 is 6.12. The Hall–Kier alpha value is -3.24. The zero-order chi connectivity index (χ0) is 20.5. The molecule has 2 atom stereocenters. The van der Waals surface area contributed by atoms with Crippen LogP contribution in [0.2, 0.25) is 5.02 Å². The number of carbonyl (C=O) groups is 1. The van der Waals surface area contributed by atoms with Crippen LogP contribution in [0.1, 0.15) is 17.2 Å². The van der Waals surface area contributed by atoms with Crippen LogP contribution in [0.4, 0.5) is 5.69 Å². The van der Waals surface area contributed by atoms with Gasteiger partial charge in [-0.3, -0.25) is 19.7 Å². The third kappa shape index (κ3) is 3.23. The molecule has 5 rings (SSSR count). The first kappa shape index (κ1) is 18.8. The van der Waals surface area contributed by atoms with E-state index in [1.807, 2.05) is 77.7 Å². The molecule has 3 aromatic carbocycles. The first-order valence-electron chi connectivity index (χ1n) is 10.0. The summed E-state index contributed by atoms with van der Waals surface area (Å²) in [7, 11) is 0. The predicted molar refractivity (Wildman–Crippen MR) is 122 cm³/mol. The highest BCUT2D eigenvalue weighted by atomic mass is 35.5. The molecule has 148 valence electrons. The van der Waals surface area contributed by atoms with E-state index >= 15 is 0 Å². The monoisotopic (exact) mass is 413 g/mol. The number of para-hydroxylation sites is 1. The molecule has 1 fully saturated rings. The van der Waals surface area contributed by atoms with Crippen LogP contribution in [0.3, 0.4) is 0 Å². The Labute approximate surface area is 180 Å². The first-order valence-corrected chi connectivity index (χ1v) is 10.4. The molecule has 0 unspecified atom stereocenters. The summed E-state index contributed by atoms with van der Waals surface area (Å²) in [6, 6.07) is 27.4. The van der Waals surface area contributed by atoms with Crippen LogP contribution in [-0.4, -0.2) is 30.4 Å². The first-order chi connectivity index (χ1) is 14.7. The molecule has 0 bridgehead atoms. The second kappa shape index (κ2) is 7.88. The van der Waals surface area contributed by atoms with Crippen molar-refractivity contribution in [3.05, 3.63) is 101 Å². The summed E-state index contributed by atoms with van der Waals surface area (Å²) in [5, 5.41) is 0.676. The number of rotatable bonds is 3. The van der Waals surface area contributed by atoms with Gasteiger partial charge in [0, 0.05) is 10.7 Å². The molecular formula is C25H20ClN3O. The van der Waals surface area contributed by atoms with Gasteiger partial charge in [-0.25, -0.2) is 0 Å². The van der Waals surface area contributed by atoms with E-state index in [0.717, 1.165) is 22.5 Å². The number of halogens is 1. The highest BCUT2D eigenvalue weighted by Gasteiger charge is 2.49. The maximum Gasteiger partial charge on any atom is 0.273 e. The maximum absolute atomic E-state index is 13.6. The molecule has 2 heterocycles.